The van der Waals surface area contributed by atoms with Crippen LogP contribution in [0.25, 0.3) is 0 Å². The van der Waals surface area contributed by atoms with Crippen LogP contribution in [0, 0.1) is 17.8 Å². The number of ether oxygens (including phenoxy) is 2. The molecule has 0 saturated carbocycles. The highest BCUT2D eigenvalue weighted by atomic mass is 79.9. The lowest BCUT2D eigenvalue weighted by molar-refractivity contribution is -0.164. The van der Waals surface area contributed by atoms with Gasteiger partial charge in [0.1, 0.15) is 29.8 Å². The van der Waals surface area contributed by atoms with Gasteiger partial charge < -0.3 is 29.3 Å². The molecule has 0 radical (unpaired) electrons. The van der Waals surface area contributed by atoms with Gasteiger partial charge >= 0.3 is 5.97 Å². The fourth-order valence-electron chi connectivity index (χ4n) is 7.91. The maximum atomic E-state index is 15.1. The number of nitrogens with zero attached hydrogens (tertiary/aromatic N) is 3. The second-order valence-electron chi connectivity index (χ2n) is 14.0. The van der Waals surface area contributed by atoms with Gasteiger partial charge in [0.15, 0.2) is 0 Å². The van der Waals surface area contributed by atoms with Crippen LogP contribution >= 0.6 is 27.5 Å². The van der Waals surface area contributed by atoms with Gasteiger partial charge in [0.05, 0.1) is 24.6 Å². The number of aliphatic hydroxyl groups is 1. The van der Waals surface area contributed by atoms with E-state index in [9.17, 15) is 19.5 Å². The zero-order valence-corrected chi connectivity index (χ0v) is 30.9. The Hall–Kier alpha value is -3.51. The molecule has 0 aromatic heterocycles. The van der Waals surface area contributed by atoms with Crippen LogP contribution < -0.4 is 4.90 Å². The van der Waals surface area contributed by atoms with E-state index in [1.54, 1.807) is 47.2 Å². The molecule has 12 heteroatoms. The number of hydrogen-bond acceptors (Lipinski definition) is 7. The molecule has 8 atom stereocenters. The Bertz CT molecular complexity index is 1680. The van der Waals surface area contributed by atoms with Gasteiger partial charge in [0.2, 0.25) is 11.8 Å². The average Bonchev–Trinajstić information content (AvgIpc) is 3.70. The lowest BCUT2D eigenvalue weighted by Gasteiger charge is -2.39. The van der Waals surface area contributed by atoms with Crippen molar-refractivity contribution in [3.05, 3.63) is 87.9 Å². The molecule has 266 valence electrons. The van der Waals surface area contributed by atoms with Crippen LogP contribution in [0.1, 0.15) is 51.7 Å². The van der Waals surface area contributed by atoms with E-state index >= 15 is 4.79 Å². The number of likely N-dealkylation sites (N-methyl/N-ethyl adjacent to an activating group) is 1. The highest BCUT2D eigenvalue weighted by Gasteiger charge is 2.75. The first-order valence-electron chi connectivity index (χ1n) is 17.1. The number of aliphatic hydroxyl groups excluding tert-OH is 1. The molecule has 1 N–H and O–H groups in total. The van der Waals surface area contributed by atoms with Crippen molar-refractivity contribution in [2.45, 2.75) is 76.0 Å². The number of likely N-dealkylation sites (tertiary alicyclic amines) is 1. The molecule has 2 saturated heterocycles. The predicted molar refractivity (Wildman–Crippen MR) is 192 cm³/mol. The van der Waals surface area contributed by atoms with E-state index in [1.807, 2.05) is 63.3 Å². The van der Waals surface area contributed by atoms with E-state index in [0.29, 0.717) is 33.6 Å². The Kier molecular flexibility index (Phi) is 10.6. The SMILES string of the molecule is CC(C)C[C@H](CO)N1C(=O)[C@@H]2[C@H]3C(=O)O[C@@H](c4ccccc4)[C@H](C)N(C)C(=O)CC/C=C\CN(c4ccc(Cl)cc4)C(=O)[C@@H]1[C@]21C=C(Br)[C@H]3O1. The van der Waals surface area contributed by atoms with Crippen LogP contribution in [-0.4, -0.2) is 88.6 Å². The van der Waals surface area contributed by atoms with Crippen LogP contribution in [0.15, 0.2) is 77.3 Å². The van der Waals surface area contributed by atoms with Crippen LogP contribution in [-0.2, 0) is 28.7 Å². The molecule has 3 amide bonds. The molecule has 2 aromatic carbocycles. The molecular weight excluding hydrogens is 726 g/mol. The maximum absolute atomic E-state index is 15.1. The first-order chi connectivity index (χ1) is 23.9. The van der Waals surface area contributed by atoms with Crippen LogP contribution in [0.5, 0.6) is 0 Å². The van der Waals surface area contributed by atoms with Crippen molar-refractivity contribution in [3.8, 4) is 0 Å². The molecule has 5 bridgehead atoms. The fourth-order valence-corrected chi connectivity index (χ4v) is 8.78. The topological polar surface area (TPSA) is 117 Å². The Morgan fingerprint density at radius 2 is 1.70 bits per heavy atom. The van der Waals surface area contributed by atoms with E-state index < -0.39 is 65.6 Å². The second-order valence-corrected chi connectivity index (χ2v) is 15.3. The summed E-state index contributed by atoms with van der Waals surface area (Å²) in [6.07, 6.45) is 4.77. The number of carbonyl (C=O) groups excluding carboxylic acids is 4. The van der Waals surface area contributed by atoms with Gasteiger partial charge in [-0.3, -0.25) is 19.2 Å². The van der Waals surface area contributed by atoms with Gasteiger partial charge in [-0.05, 0) is 61.6 Å². The Labute approximate surface area is 306 Å². The normalized spacial score (nSPS) is 31.6. The summed E-state index contributed by atoms with van der Waals surface area (Å²) in [5, 5.41) is 11.2. The highest BCUT2D eigenvalue weighted by molar-refractivity contribution is 9.11. The predicted octanol–water partition coefficient (Wildman–Crippen LogP) is 5.43. The number of hydrogen-bond donors (Lipinski definition) is 1. The Morgan fingerprint density at radius 1 is 1.00 bits per heavy atom. The van der Waals surface area contributed by atoms with Crippen molar-refractivity contribution in [2.24, 2.45) is 17.8 Å². The van der Waals surface area contributed by atoms with Crippen molar-refractivity contribution >= 4 is 56.9 Å². The first kappa shape index (κ1) is 36.3. The fraction of sp³-hybridized carbons (Fsp3) is 0.474. The first-order valence-corrected chi connectivity index (χ1v) is 18.3. The monoisotopic (exact) mass is 767 g/mol. The molecule has 6 rings (SSSR count). The number of halogens is 2. The smallest absolute Gasteiger partial charge is 0.313 e. The zero-order chi connectivity index (χ0) is 35.9. The number of rotatable bonds is 6. The van der Waals surface area contributed by atoms with Gasteiger partial charge in [-0.1, -0.05) is 83.9 Å². The molecule has 0 aliphatic carbocycles. The standard InChI is InChI=1S/C38H43BrClN3O7/c1-22(2)19-27(21-44)43-34-36(47)42(26-16-14-25(40)15-17-26)18-10-6-9-13-29(45)41(4)23(3)32(24-11-7-5-8-12-24)49-37(48)30-31(35(43)46)38(34)20-28(39)33(30)50-38/h5-8,10-12,14-17,20,22-23,27,30-34,44H,9,13,18-19,21H2,1-4H3/b10-6-/t23-,27+,30+,31-,32+,33+,34+,38-/m0/s1. The number of benzene rings is 2. The van der Waals surface area contributed by atoms with Crippen molar-refractivity contribution < 1.29 is 33.8 Å². The van der Waals surface area contributed by atoms with Crippen LogP contribution in [0.3, 0.4) is 0 Å². The summed E-state index contributed by atoms with van der Waals surface area (Å²) in [5.41, 5.74) is -0.280. The highest BCUT2D eigenvalue weighted by Crippen LogP contribution is 2.59. The third-order valence-electron chi connectivity index (χ3n) is 10.4. The van der Waals surface area contributed by atoms with E-state index in [4.69, 9.17) is 21.1 Å². The van der Waals surface area contributed by atoms with E-state index in [2.05, 4.69) is 15.9 Å². The van der Waals surface area contributed by atoms with Crippen molar-refractivity contribution in [3.63, 3.8) is 0 Å². The number of cyclic esters (lactones) is 1. The molecule has 2 aromatic rings. The van der Waals surface area contributed by atoms with Crippen molar-refractivity contribution in [1.29, 1.82) is 0 Å². The zero-order valence-electron chi connectivity index (χ0n) is 28.6. The molecule has 4 aliphatic heterocycles. The van der Waals surface area contributed by atoms with Gasteiger partial charge in [-0.15, -0.1) is 0 Å². The van der Waals surface area contributed by atoms with Crippen molar-refractivity contribution in [2.75, 3.05) is 25.1 Å². The molecular formula is C38H43BrClN3O7. The molecule has 0 unspecified atom stereocenters. The minimum atomic E-state index is -1.52. The summed E-state index contributed by atoms with van der Waals surface area (Å²) in [4.78, 5) is 62.5. The summed E-state index contributed by atoms with van der Waals surface area (Å²) >= 11 is 9.84. The van der Waals surface area contributed by atoms with E-state index in [0.717, 1.165) is 0 Å². The molecule has 50 heavy (non-hydrogen) atoms. The molecule has 2 fully saturated rings. The van der Waals surface area contributed by atoms with E-state index in [1.165, 1.54) is 4.90 Å². The maximum Gasteiger partial charge on any atom is 0.313 e. The summed E-state index contributed by atoms with van der Waals surface area (Å²) < 4.78 is 13.6. The minimum Gasteiger partial charge on any atom is -0.455 e. The average molecular weight is 769 g/mol. The Balaban J connectivity index is 1.51. The van der Waals surface area contributed by atoms with Crippen LogP contribution in [0.4, 0.5) is 5.69 Å². The van der Waals surface area contributed by atoms with Crippen molar-refractivity contribution in [1.82, 2.24) is 9.80 Å². The largest absolute Gasteiger partial charge is 0.455 e. The number of amides is 3. The molecule has 10 nitrogen and oxygen atoms in total. The quantitative estimate of drug-likeness (QED) is 0.308. The van der Waals surface area contributed by atoms with Gasteiger partial charge in [0, 0.05) is 35.2 Å². The summed E-state index contributed by atoms with van der Waals surface area (Å²) in [6, 6.07) is 13.6. The molecule has 4 aliphatic rings. The molecule has 4 heterocycles. The van der Waals surface area contributed by atoms with Gasteiger partial charge in [-0.2, -0.15) is 0 Å². The Morgan fingerprint density at radius 3 is 2.36 bits per heavy atom. The second kappa shape index (κ2) is 14.6. The van der Waals surface area contributed by atoms with Crippen LogP contribution in [0.2, 0.25) is 5.02 Å². The molecule has 1 spiro atoms. The number of allylic oxidation sites excluding steroid dienone is 1. The summed E-state index contributed by atoms with van der Waals surface area (Å²) in [5.74, 6) is -3.79. The lowest BCUT2D eigenvalue weighted by Crippen LogP contribution is -2.59. The van der Waals surface area contributed by atoms with Gasteiger partial charge in [0.25, 0.3) is 5.91 Å². The third kappa shape index (κ3) is 6.42. The van der Waals surface area contributed by atoms with E-state index in [-0.39, 0.29) is 31.4 Å². The summed E-state index contributed by atoms with van der Waals surface area (Å²) in [7, 11) is 1.69. The lowest BCUT2D eigenvalue weighted by atomic mass is 9.74. The third-order valence-corrected chi connectivity index (χ3v) is 11.3. The minimum absolute atomic E-state index is 0.0857. The number of carbonyl (C=O) groups is 4. The number of anilines is 1. The number of fused-ring (bicyclic) bond motifs is 2. The number of esters is 1. The summed E-state index contributed by atoms with van der Waals surface area (Å²) in [6.45, 7) is 5.55. The van der Waals surface area contributed by atoms with Gasteiger partial charge in [-0.25, -0.2) is 0 Å².